The van der Waals surface area contributed by atoms with Gasteiger partial charge < -0.3 is 14.6 Å². The lowest BCUT2D eigenvalue weighted by molar-refractivity contribution is -0.119. The zero-order chi connectivity index (χ0) is 20.1. The number of hydrogen-bond acceptors (Lipinski definition) is 3. The topological polar surface area (TPSA) is 60.3 Å². The maximum Gasteiger partial charge on any atom is 0.340 e. The summed E-state index contributed by atoms with van der Waals surface area (Å²) in [6.07, 6.45) is 1.65. The molecular formula is C22H30N2O3. The molecule has 0 aliphatic heterocycles. The fourth-order valence-electron chi connectivity index (χ4n) is 3.57. The van der Waals surface area contributed by atoms with E-state index in [9.17, 15) is 9.59 Å². The minimum absolute atomic E-state index is 0.257. The first-order chi connectivity index (χ1) is 12.8. The van der Waals surface area contributed by atoms with Crippen molar-refractivity contribution in [2.45, 2.75) is 60.4 Å². The second-order valence-electron chi connectivity index (χ2n) is 7.03. The number of aromatic nitrogens is 1. The molecule has 0 aliphatic carbocycles. The number of ether oxygens (including phenoxy) is 1. The highest BCUT2D eigenvalue weighted by Crippen LogP contribution is 2.23. The highest BCUT2D eigenvalue weighted by Gasteiger charge is 2.19. The molecule has 0 radical (unpaired) electrons. The van der Waals surface area contributed by atoms with E-state index in [0.29, 0.717) is 5.56 Å². The van der Waals surface area contributed by atoms with Gasteiger partial charge in [-0.3, -0.25) is 4.79 Å². The molecule has 5 heteroatoms. The van der Waals surface area contributed by atoms with Gasteiger partial charge in [-0.1, -0.05) is 32.0 Å². The van der Waals surface area contributed by atoms with Crippen LogP contribution in [-0.4, -0.2) is 23.1 Å². The number of aryl methyl sites for hydroxylation is 3. The van der Waals surface area contributed by atoms with Crippen LogP contribution in [0.4, 0.5) is 5.69 Å². The summed E-state index contributed by atoms with van der Waals surface area (Å²) in [4.78, 5) is 24.8. The Morgan fingerprint density at radius 2 is 1.70 bits per heavy atom. The first-order valence-corrected chi connectivity index (χ1v) is 9.56. The Bertz CT molecular complexity index is 812. The van der Waals surface area contributed by atoms with Crippen molar-refractivity contribution in [3.63, 3.8) is 0 Å². The average Bonchev–Trinajstić information content (AvgIpc) is 2.94. The summed E-state index contributed by atoms with van der Waals surface area (Å²) < 4.78 is 7.36. The second kappa shape index (κ2) is 8.89. The van der Waals surface area contributed by atoms with Crippen LogP contribution in [0.3, 0.4) is 0 Å². The van der Waals surface area contributed by atoms with E-state index in [0.717, 1.165) is 41.0 Å². The predicted octanol–water partition coefficient (Wildman–Crippen LogP) is 4.61. The number of carbonyl (C=O) groups excluding carboxylic acids is 2. The lowest BCUT2D eigenvalue weighted by atomic mass is 10.0. The number of anilines is 1. The smallest absolute Gasteiger partial charge is 0.340 e. The Labute approximate surface area is 161 Å². The van der Waals surface area contributed by atoms with Crippen LogP contribution in [0.15, 0.2) is 24.3 Å². The third kappa shape index (κ3) is 4.59. The van der Waals surface area contributed by atoms with Crippen LogP contribution in [0.25, 0.3) is 0 Å². The van der Waals surface area contributed by atoms with E-state index in [2.05, 4.69) is 37.6 Å². The van der Waals surface area contributed by atoms with Gasteiger partial charge in [0.05, 0.1) is 5.56 Å². The molecule has 0 saturated heterocycles. The standard InChI is InChI=1S/C22H30N2O3/c1-7-17-10-9-11-18(8-2)21(17)23-20(25)13-27-22(26)19-12-15(5)24(14(3)4)16(19)6/h9-12,14H,7-8,13H2,1-6H3,(H,23,25). The van der Waals surface area contributed by atoms with Crippen molar-refractivity contribution in [3.8, 4) is 0 Å². The molecule has 2 aromatic rings. The van der Waals surface area contributed by atoms with Crippen molar-refractivity contribution in [1.82, 2.24) is 4.57 Å². The number of hydrogen-bond donors (Lipinski definition) is 1. The number of nitrogens with zero attached hydrogens (tertiary/aromatic N) is 1. The van der Waals surface area contributed by atoms with E-state index in [1.165, 1.54) is 0 Å². The molecule has 1 aromatic carbocycles. The zero-order valence-corrected chi connectivity index (χ0v) is 17.2. The number of carbonyl (C=O) groups is 2. The summed E-state index contributed by atoms with van der Waals surface area (Å²) in [7, 11) is 0. The molecular weight excluding hydrogens is 340 g/mol. The molecule has 0 unspecified atom stereocenters. The average molecular weight is 370 g/mol. The van der Waals surface area contributed by atoms with Crippen LogP contribution in [0.5, 0.6) is 0 Å². The monoisotopic (exact) mass is 370 g/mol. The summed E-state index contributed by atoms with van der Waals surface area (Å²) in [6, 6.07) is 8.07. The normalized spacial score (nSPS) is 10.9. The summed E-state index contributed by atoms with van der Waals surface area (Å²) in [6.45, 7) is 11.8. The molecule has 1 N–H and O–H groups in total. The maximum atomic E-state index is 12.4. The minimum atomic E-state index is -0.468. The first kappa shape index (κ1) is 20.7. The predicted molar refractivity (Wildman–Crippen MR) is 108 cm³/mol. The molecule has 0 spiro atoms. The van der Waals surface area contributed by atoms with Crippen LogP contribution in [-0.2, 0) is 22.4 Å². The minimum Gasteiger partial charge on any atom is -0.452 e. The van der Waals surface area contributed by atoms with Gasteiger partial charge in [0.25, 0.3) is 5.91 Å². The number of esters is 1. The van der Waals surface area contributed by atoms with Gasteiger partial charge in [0.1, 0.15) is 0 Å². The Balaban J connectivity index is 2.07. The number of rotatable bonds is 7. The highest BCUT2D eigenvalue weighted by molar-refractivity contribution is 5.97. The maximum absolute atomic E-state index is 12.4. The summed E-state index contributed by atoms with van der Waals surface area (Å²) in [5, 5.41) is 2.92. The summed E-state index contributed by atoms with van der Waals surface area (Å²) >= 11 is 0. The lowest BCUT2D eigenvalue weighted by Crippen LogP contribution is -2.22. The molecule has 0 bridgehead atoms. The molecule has 1 heterocycles. The van der Waals surface area contributed by atoms with E-state index in [1.54, 1.807) is 0 Å². The molecule has 0 fully saturated rings. The molecule has 1 aromatic heterocycles. The van der Waals surface area contributed by atoms with Crippen LogP contribution in [0.1, 0.15) is 66.6 Å². The fourth-order valence-corrected chi connectivity index (χ4v) is 3.57. The largest absolute Gasteiger partial charge is 0.452 e. The first-order valence-electron chi connectivity index (χ1n) is 9.56. The second-order valence-corrected chi connectivity index (χ2v) is 7.03. The highest BCUT2D eigenvalue weighted by atomic mass is 16.5. The Kier molecular flexibility index (Phi) is 6.83. The van der Waals surface area contributed by atoms with Gasteiger partial charge in [-0.2, -0.15) is 0 Å². The van der Waals surface area contributed by atoms with Gasteiger partial charge in [-0.05, 0) is 57.7 Å². The van der Waals surface area contributed by atoms with E-state index >= 15 is 0 Å². The Morgan fingerprint density at radius 3 is 2.19 bits per heavy atom. The molecule has 2 rings (SSSR count). The van der Waals surface area contributed by atoms with Crippen LogP contribution < -0.4 is 5.32 Å². The third-order valence-corrected chi connectivity index (χ3v) is 4.82. The van der Waals surface area contributed by atoms with Crippen molar-refractivity contribution in [1.29, 1.82) is 0 Å². The van der Waals surface area contributed by atoms with Gasteiger partial charge in [-0.25, -0.2) is 4.79 Å². The Hall–Kier alpha value is -2.56. The van der Waals surface area contributed by atoms with Gasteiger partial charge in [0.15, 0.2) is 6.61 Å². The van der Waals surface area contributed by atoms with Crippen molar-refractivity contribution >= 4 is 17.6 Å². The van der Waals surface area contributed by atoms with Gasteiger partial charge in [0, 0.05) is 23.1 Å². The van der Waals surface area contributed by atoms with E-state index in [4.69, 9.17) is 4.74 Å². The quantitative estimate of drug-likeness (QED) is 0.724. The van der Waals surface area contributed by atoms with Crippen LogP contribution in [0, 0.1) is 13.8 Å². The fraction of sp³-hybridized carbons (Fsp3) is 0.455. The third-order valence-electron chi connectivity index (χ3n) is 4.82. The van der Waals surface area contributed by atoms with Crippen LogP contribution >= 0.6 is 0 Å². The summed E-state index contributed by atoms with van der Waals surface area (Å²) in [5.41, 5.74) is 5.36. The lowest BCUT2D eigenvalue weighted by Gasteiger charge is -2.15. The van der Waals surface area contributed by atoms with Gasteiger partial charge >= 0.3 is 5.97 Å². The van der Waals surface area contributed by atoms with Crippen molar-refractivity contribution in [2.24, 2.45) is 0 Å². The van der Waals surface area contributed by atoms with Crippen molar-refractivity contribution in [2.75, 3.05) is 11.9 Å². The molecule has 1 amide bonds. The zero-order valence-electron chi connectivity index (χ0n) is 17.2. The number of para-hydroxylation sites is 1. The van der Waals surface area contributed by atoms with E-state index in [-0.39, 0.29) is 18.6 Å². The molecule has 0 saturated carbocycles. The number of amides is 1. The molecule has 5 nitrogen and oxygen atoms in total. The Morgan fingerprint density at radius 1 is 1.11 bits per heavy atom. The number of nitrogens with one attached hydrogen (secondary N) is 1. The van der Waals surface area contributed by atoms with E-state index < -0.39 is 5.97 Å². The molecule has 0 aliphatic rings. The van der Waals surface area contributed by atoms with Crippen molar-refractivity contribution in [3.05, 3.63) is 52.3 Å². The number of benzene rings is 1. The summed E-state index contributed by atoms with van der Waals surface area (Å²) in [5.74, 6) is -0.791. The van der Waals surface area contributed by atoms with Gasteiger partial charge in [0.2, 0.25) is 0 Å². The molecule has 0 atom stereocenters. The molecule has 27 heavy (non-hydrogen) atoms. The molecule has 146 valence electrons. The van der Waals surface area contributed by atoms with Crippen molar-refractivity contribution < 1.29 is 14.3 Å². The SMILES string of the molecule is CCc1cccc(CC)c1NC(=O)COC(=O)c1cc(C)n(C(C)C)c1C. The van der Waals surface area contributed by atoms with E-state index in [1.807, 2.05) is 38.1 Å². The van der Waals surface area contributed by atoms with Gasteiger partial charge in [-0.15, -0.1) is 0 Å². The van der Waals surface area contributed by atoms with Crippen LogP contribution in [0.2, 0.25) is 0 Å².